The second-order valence-corrected chi connectivity index (χ2v) is 6.03. The first-order valence-electron chi connectivity index (χ1n) is 8.48. The van der Waals surface area contributed by atoms with Gasteiger partial charge in [0.1, 0.15) is 6.61 Å². The molecule has 0 aliphatic carbocycles. The molecule has 0 aliphatic rings. The Bertz CT molecular complexity index is 691. The third-order valence-corrected chi connectivity index (χ3v) is 3.86. The average Bonchev–Trinajstić information content (AvgIpc) is 2.67. The van der Waals surface area contributed by atoms with Crippen molar-refractivity contribution in [2.75, 3.05) is 6.61 Å². The lowest BCUT2D eigenvalue weighted by Gasteiger charge is -2.19. The summed E-state index contributed by atoms with van der Waals surface area (Å²) in [4.78, 5) is 24.0. The van der Waals surface area contributed by atoms with E-state index in [0.717, 1.165) is 11.1 Å². The maximum Gasteiger partial charge on any atom is 0.308 e. The molecule has 0 unspecified atom stereocenters. The SMILES string of the molecule is N[C@H](CC(=O)OCc1ccccc1)C(=O)N[C@H](CO)Cc1ccccc1. The molecule has 138 valence electrons. The summed E-state index contributed by atoms with van der Waals surface area (Å²) in [5, 5.41) is 12.1. The molecule has 2 aromatic rings. The van der Waals surface area contributed by atoms with Gasteiger partial charge in [0.05, 0.1) is 25.1 Å². The lowest BCUT2D eigenvalue weighted by molar-refractivity contribution is -0.146. The van der Waals surface area contributed by atoms with Crippen LogP contribution in [0.2, 0.25) is 0 Å². The Hall–Kier alpha value is -2.70. The van der Waals surface area contributed by atoms with Crippen LogP contribution in [-0.2, 0) is 27.4 Å². The molecule has 0 fully saturated rings. The fraction of sp³-hybridized carbons (Fsp3) is 0.300. The summed E-state index contributed by atoms with van der Waals surface area (Å²) in [6, 6.07) is 17.3. The van der Waals surface area contributed by atoms with Gasteiger partial charge in [-0.15, -0.1) is 0 Å². The van der Waals surface area contributed by atoms with Gasteiger partial charge in [-0.1, -0.05) is 60.7 Å². The number of amides is 1. The molecule has 0 spiro atoms. The second-order valence-electron chi connectivity index (χ2n) is 6.03. The van der Waals surface area contributed by atoms with E-state index in [1.165, 1.54) is 0 Å². The zero-order chi connectivity index (χ0) is 18.8. The molecule has 2 rings (SSSR count). The third kappa shape index (κ3) is 6.66. The van der Waals surface area contributed by atoms with Crippen LogP contribution in [-0.4, -0.2) is 35.7 Å². The number of hydrogen-bond donors (Lipinski definition) is 3. The number of carbonyl (C=O) groups is 2. The fourth-order valence-corrected chi connectivity index (χ4v) is 2.44. The standard InChI is InChI=1S/C20H24N2O4/c21-18(12-19(24)26-14-16-9-5-2-6-10-16)20(25)22-17(13-23)11-15-7-3-1-4-8-15/h1-10,17-18,23H,11-14,21H2,(H,22,25)/t17-,18+/m0/s1. The molecule has 0 radical (unpaired) electrons. The number of aliphatic hydroxyl groups is 1. The molecule has 4 N–H and O–H groups in total. The summed E-state index contributed by atoms with van der Waals surface area (Å²) in [5.74, 6) is -1.03. The van der Waals surface area contributed by atoms with Crippen molar-refractivity contribution in [3.05, 3.63) is 71.8 Å². The van der Waals surface area contributed by atoms with Crippen molar-refractivity contribution >= 4 is 11.9 Å². The highest BCUT2D eigenvalue weighted by Crippen LogP contribution is 2.05. The van der Waals surface area contributed by atoms with E-state index in [1.54, 1.807) is 0 Å². The van der Waals surface area contributed by atoms with E-state index in [2.05, 4.69) is 5.32 Å². The molecule has 6 heteroatoms. The van der Waals surface area contributed by atoms with Crippen molar-refractivity contribution in [2.45, 2.75) is 31.5 Å². The minimum absolute atomic E-state index is 0.140. The topological polar surface area (TPSA) is 102 Å². The minimum atomic E-state index is -1.02. The maximum atomic E-state index is 12.2. The lowest BCUT2D eigenvalue weighted by atomic mass is 10.1. The van der Waals surface area contributed by atoms with Gasteiger partial charge in [0.15, 0.2) is 0 Å². The normalized spacial score (nSPS) is 12.8. The molecule has 1 amide bonds. The molecular weight excluding hydrogens is 332 g/mol. The van der Waals surface area contributed by atoms with Crippen LogP contribution in [0.4, 0.5) is 0 Å². The third-order valence-electron chi connectivity index (χ3n) is 3.86. The van der Waals surface area contributed by atoms with Gasteiger partial charge in [0.25, 0.3) is 0 Å². The summed E-state index contributed by atoms with van der Waals surface area (Å²) in [6.07, 6.45) is 0.260. The Kier molecular flexibility index (Phi) is 7.79. The predicted molar refractivity (Wildman–Crippen MR) is 98.0 cm³/mol. The number of rotatable bonds is 9. The van der Waals surface area contributed by atoms with Crippen LogP contribution in [0.15, 0.2) is 60.7 Å². The summed E-state index contributed by atoms with van der Waals surface area (Å²) < 4.78 is 5.13. The van der Waals surface area contributed by atoms with Crippen molar-refractivity contribution in [1.82, 2.24) is 5.32 Å². The van der Waals surface area contributed by atoms with Crippen LogP contribution in [0.3, 0.4) is 0 Å². The molecule has 2 atom stereocenters. The second kappa shape index (κ2) is 10.3. The number of benzene rings is 2. The number of aliphatic hydroxyl groups excluding tert-OH is 1. The van der Waals surface area contributed by atoms with Gasteiger partial charge in [0.2, 0.25) is 5.91 Å². The first-order valence-corrected chi connectivity index (χ1v) is 8.48. The lowest BCUT2D eigenvalue weighted by Crippen LogP contribution is -2.48. The summed E-state index contributed by atoms with van der Waals surface area (Å²) >= 11 is 0. The number of esters is 1. The molecule has 0 aliphatic heterocycles. The average molecular weight is 356 g/mol. The summed E-state index contributed by atoms with van der Waals surface area (Å²) in [5.41, 5.74) is 7.64. The van der Waals surface area contributed by atoms with Gasteiger partial charge >= 0.3 is 5.97 Å². The number of nitrogens with one attached hydrogen (secondary N) is 1. The molecule has 6 nitrogen and oxygen atoms in total. The first kappa shape index (κ1) is 19.6. The first-order chi connectivity index (χ1) is 12.6. The molecule has 0 bridgehead atoms. The van der Waals surface area contributed by atoms with Crippen molar-refractivity contribution in [2.24, 2.45) is 5.73 Å². The summed E-state index contributed by atoms with van der Waals surface area (Å²) in [7, 11) is 0. The van der Waals surface area contributed by atoms with Crippen LogP contribution in [0, 0.1) is 0 Å². The van der Waals surface area contributed by atoms with Crippen LogP contribution < -0.4 is 11.1 Å². The monoisotopic (exact) mass is 356 g/mol. The molecule has 0 saturated carbocycles. The van der Waals surface area contributed by atoms with E-state index in [1.807, 2.05) is 60.7 Å². The highest BCUT2D eigenvalue weighted by atomic mass is 16.5. The van der Waals surface area contributed by atoms with Crippen molar-refractivity contribution < 1.29 is 19.4 Å². The molecular formula is C20H24N2O4. The molecule has 0 heterocycles. The quantitative estimate of drug-likeness (QED) is 0.586. The van der Waals surface area contributed by atoms with Crippen LogP contribution in [0.1, 0.15) is 17.5 Å². The smallest absolute Gasteiger partial charge is 0.308 e. The predicted octanol–water partition coefficient (Wildman–Crippen LogP) is 1.17. The van der Waals surface area contributed by atoms with Gasteiger partial charge in [0, 0.05) is 0 Å². The largest absolute Gasteiger partial charge is 0.461 e. The maximum absolute atomic E-state index is 12.2. The van der Waals surface area contributed by atoms with Gasteiger partial charge in [-0.05, 0) is 17.5 Å². The highest BCUT2D eigenvalue weighted by molar-refractivity contribution is 5.86. The Morgan fingerprint density at radius 2 is 1.58 bits per heavy atom. The number of nitrogens with two attached hydrogens (primary N) is 1. The molecule has 2 aromatic carbocycles. The zero-order valence-electron chi connectivity index (χ0n) is 14.5. The van der Waals surface area contributed by atoms with E-state index < -0.39 is 24.0 Å². The minimum Gasteiger partial charge on any atom is -0.461 e. The van der Waals surface area contributed by atoms with Crippen LogP contribution >= 0.6 is 0 Å². The Labute approximate surface area is 153 Å². The summed E-state index contributed by atoms with van der Waals surface area (Å²) in [6.45, 7) is -0.0763. The van der Waals surface area contributed by atoms with Crippen molar-refractivity contribution in [1.29, 1.82) is 0 Å². The van der Waals surface area contributed by atoms with Crippen molar-refractivity contribution in [3.8, 4) is 0 Å². The van der Waals surface area contributed by atoms with E-state index in [4.69, 9.17) is 10.5 Å². The van der Waals surface area contributed by atoms with Crippen LogP contribution in [0.25, 0.3) is 0 Å². The van der Waals surface area contributed by atoms with E-state index in [9.17, 15) is 14.7 Å². The van der Waals surface area contributed by atoms with Crippen LogP contribution in [0.5, 0.6) is 0 Å². The van der Waals surface area contributed by atoms with Gasteiger partial charge in [-0.3, -0.25) is 9.59 Å². The van der Waals surface area contributed by atoms with Crippen molar-refractivity contribution in [3.63, 3.8) is 0 Å². The van der Waals surface area contributed by atoms with E-state index >= 15 is 0 Å². The Morgan fingerprint density at radius 3 is 2.15 bits per heavy atom. The highest BCUT2D eigenvalue weighted by Gasteiger charge is 2.21. The molecule has 26 heavy (non-hydrogen) atoms. The molecule has 0 saturated heterocycles. The van der Waals surface area contributed by atoms with E-state index in [-0.39, 0.29) is 19.6 Å². The molecule has 0 aromatic heterocycles. The van der Waals surface area contributed by atoms with Gasteiger partial charge < -0.3 is 20.9 Å². The van der Waals surface area contributed by atoms with E-state index in [0.29, 0.717) is 6.42 Å². The Balaban J connectivity index is 1.77. The zero-order valence-corrected chi connectivity index (χ0v) is 14.5. The fourth-order valence-electron chi connectivity index (χ4n) is 2.44. The van der Waals surface area contributed by atoms with Gasteiger partial charge in [-0.25, -0.2) is 0 Å². The number of ether oxygens (including phenoxy) is 1. The van der Waals surface area contributed by atoms with Gasteiger partial charge in [-0.2, -0.15) is 0 Å². The number of hydrogen-bond acceptors (Lipinski definition) is 5. The Morgan fingerprint density at radius 1 is 1.00 bits per heavy atom. The number of carbonyl (C=O) groups excluding carboxylic acids is 2.